The third-order valence-electron chi connectivity index (χ3n) is 3.84. The fourth-order valence-electron chi connectivity index (χ4n) is 2.89. The van der Waals surface area contributed by atoms with E-state index in [9.17, 15) is 14.7 Å². The first-order valence-electron chi connectivity index (χ1n) is 6.47. The molecule has 0 radical (unpaired) electrons. The first-order valence-corrected chi connectivity index (χ1v) is 6.47. The molecule has 0 aromatic carbocycles. The van der Waals surface area contributed by atoms with Crippen molar-refractivity contribution in [3.63, 3.8) is 0 Å². The predicted molar refractivity (Wildman–Crippen MR) is 70.8 cm³/mol. The summed E-state index contributed by atoms with van der Waals surface area (Å²) in [5, 5.41) is 9.29. The summed E-state index contributed by atoms with van der Waals surface area (Å²) in [7, 11) is 0. The summed E-state index contributed by atoms with van der Waals surface area (Å²) in [5.41, 5.74) is 1.17. The van der Waals surface area contributed by atoms with Crippen LogP contribution in [-0.4, -0.2) is 28.9 Å². The Kier molecular flexibility index (Phi) is 3.75. The van der Waals surface area contributed by atoms with E-state index in [1.54, 1.807) is 18.4 Å². The Hall–Kier alpha value is -1.62. The largest absolute Gasteiger partial charge is 0.478 e. The van der Waals surface area contributed by atoms with Gasteiger partial charge in [0.2, 0.25) is 0 Å². The van der Waals surface area contributed by atoms with Crippen molar-refractivity contribution in [1.29, 1.82) is 0 Å². The van der Waals surface area contributed by atoms with Gasteiger partial charge in [-0.3, -0.25) is 4.79 Å². The second kappa shape index (κ2) is 5.17. The molecule has 5 heteroatoms. The Labute approximate surface area is 111 Å². The summed E-state index contributed by atoms with van der Waals surface area (Å²) in [6.07, 6.45) is 0.740. The lowest BCUT2D eigenvalue weighted by Gasteiger charge is -2.32. The van der Waals surface area contributed by atoms with E-state index in [-0.39, 0.29) is 23.1 Å². The Bertz CT molecular complexity index is 561. The number of nitrogens with zero attached hydrogens (tertiary/aromatic N) is 1. The van der Waals surface area contributed by atoms with Crippen LogP contribution in [-0.2, 0) is 4.74 Å². The Morgan fingerprint density at radius 1 is 1.47 bits per heavy atom. The number of hydrogen-bond donors (Lipinski definition) is 1. The Morgan fingerprint density at radius 3 is 2.74 bits per heavy atom. The van der Waals surface area contributed by atoms with Crippen molar-refractivity contribution >= 4 is 5.97 Å². The SMILES string of the molecule is Cc1cc(=O)n(C2CCOCC2C)c(C)c1C(=O)O. The van der Waals surface area contributed by atoms with Crippen LogP contribution in [0.4, 0.5) is 0 Å². The van der Waals surface area contributed by atoms with E-state index in [0.29, 0.717) is 24.5 Å². The fraction of sp³-hybridized carbons (Fsp3) is 0.571. The number of aromatic nitrogens is 1. The lowest BCUT2D eigenvalue weighted by Crippen LogP contribution is -2.36. The normalized spacial score (nSPS) is 23.3. The molecule has 1 N–H and O–H groups in total. The van der Waals surface area contributed by atoms with E-state index in [4.69, 9.17) is 4.74 Å². The second-order valence-electron chi connectivity index (χ2n) is 5.21. The standard InChI is InChI=1S/C14H19NO4/c1-8-6-12(16)15(10(3)13(8)14(17)18)11-4-5-19-7-9(11)2/h6,9,11H,4-5,7H2,1-3H3,(H,17,18). The van der Waals surface area contributed by atoms with E-state index >= 15 is 0 Å². The molecule has 1 aromatic rings. The number of pyridine rings is 1. The van der Waals surface area contributed by atoms with Crippen molar-refractivity contribution in [2.75, 3.05) is 13.2 Å². The zero-order chi connectivity index (χ0) is 14.2. The zero-order valence-corrected chi connectivity index (χ0v) is 11.5. The molecule has 0 amide bonds. The molecule has 2 unspecified atom stereocenters. The molecular weight excluding hydrogens is 246 g/mol. The van der Waals surface area contributed by atoms with E-state index in [1.165, 1.54) is 6.07 Å². The second-order valence-corrected chi connectivity index (χ2v) is 5.21. The van der Waals surface area contributed by atoms with Gasteiger partial charge >= 0.3 is 5.97 Å². The molecule has 0 saturated carbocycles. The summed E-state index contributed by atoms with van der Waals surface area (Å²) in [6.45, 7) is 6.61. The molecule has 1 saturated heterocycles. The lowest BCUT2D eigenvalue weighted by molar-refractivity contribution is 0.0269. The van der Waals surface area contributed by atoms with Crippen molar-refractivity contribution in [2.24, 2.45) is 5.92 Å². The average molecular weight is 265 g/mol. The van der Waals surface area contributed by atoms with Crippen LogP contribution in [0.3, 0.4) is 0 Å². The van der Waals surface area contributed by atoms with Crippen LogP contribution < -0.4 is 5.56 Å². The highest BCUT2D eigenvalue weighted by atomic mass is 16.5. The first-order chi connectivity index (χ1) is 8.93. The van der Waals surface area contributed by atoms with Gasteiger partial charge < -0.3 is 14.4 Å². The highest BCUT2D eigenvalue weighted by molar-refractivity contribution is 5.90. The van der Waals surface area contributed by atoms with Gasteiger partial charge in [0, 0.05) is 30.3 Å². The molecule has 104 valence electrons. The summed E-state index contributed by atoms with van der Waals surface area (Å²) in [4.78, 5) is 23.5. The molecule has 1 fully saturated rings. The Morgan fingerprint density at radius 2 is 2.16 bits per heavy atom. The third-order valence-corrected chi connectivity index (χ3v) is 3.84. The number of rotatable bonds is 2. The van der Waals surface area contributed by atoms with Crippen molar-refractivity contribution in [1.82, 2.24) is 4.57 Å². The van der Waals surface area contributed by atoms with Crippen LogP contribution >= 0.6 is 0 Å². The van der Waals surface area contributed by atoms with Crippen molar-refractivity contribution in [3.8, 4) is 0 Å². The van der Waals surface area contributed by atoms with E-state index in [2.05, 4.69) is 0 Å². The predicted octanol–water partition coefficient (Wildman–Crippen LogP) is 1.76. The topological polar surface area (TPSA) is 68.5 Å². The molecule has 19 heavy (non-hydrogen) atoms. The van der Waals surface area contributed by atoms with E-state index in [0.717, 1.165) is 6.42 Å². The monoisotopic (exact) mass is 265 g/mol. The van der Waals surface area contributed by atoms with Gasteiger partial charge in [0.25, 0.3) is 5.56 Å². The van der Waals surface area contributed by atoms with E-state index in [1.807, 2.05) is 6.92 Å². The van der Waals surface area contributed by atoms with Gasteiger partial charge in [-0.25, -0.2) is 4.79 Å². The number of carboxylic acids is 1. The average Bonchev–Trinajstić information content (AvgIpc) is 2.30. The summed E-state index contributed by atoms with van der Waals surface area (Å²) < 4.78 is 7.01. The molecule has 0 aliphatic carbocycles. The maximum Gasteiger partial charge on any atom is 0.337 e. The minimum atomic E-state index is -0.983. The van der Waals surface area contributed by atoms with Gasteiger partial charge in [-0.2, -0.15) is 0 Å². The van der Waals surface area contributed by atoms with Gasteiger partial charge in [0.05, 0.1) is 12.2 Å². The highest BCUT2D eigenvalue weighted by Crippen LogP contribution is 2.27. The number of aromatic carboxylic acids is 1. The van der Waals surface area contributed by atoms with Crippen LogP contribution in [0, 0.1) is 19.8 Å². The quantitative estimate of drug-likeness (QED) is 0.884. The summed E-state index contributed by atoms with van der Waals surface area (Å²) in [6, 6.07) is 1.43. The number of carbonyl (C=O) groups is 1. The molecule has 1 aliphatic rings. The third kappa shape index (κ3) is 2.42. The zero-order valence-electron chi connectivity index (χ0n) is 11.5. The number of aryl methyl sites for hydroxylation is 1. The van der Waals surface area contributed by atoms with E-state index < -0.39 is 5.97 Å². The van der Waals surface area contributed by atoms with Gasteiger partial charge in [0.1, 0.15) is 0 Å². The van der Waals surface area contributed by atoms with Crippen molar-refractivity contribution in [2.45, 2.75) is 33.2 Å². The molecule has 2 heterocycles. The van der Waals surface area contributed by atoms with Crippen LogP contribution in [0.5, 0.6) is 0 Å². The van der Waals surface area contributed by atoms with Gasteiger partial charge in [-0.15, -0.1) is 0 Å². The number of hydrogen-bond acceptors (Lipinski definition) is 3. The summed E-state index contributed by atoms with van der Waals surface area (Å²) >= 11 is 0. The minimum Gasteiger partial charge on any atom is -0.478 e. The van der Waals surface area contributed by atoms with Gasteiger partial charge in [0.15, 0.2) is 0 Å². The fourth-order valence-corrected chi connectivity index (χ4v) is 2.89. The van der Waals surface area contributed by atoms with Crippen molar-refractivity contribution < 1.29 is 14.6 Å². The summed E-state index contributed by atoms with van der Waals surface area (Å²) in [5.74, 6) is -0.780. The molecule has 5 nitrogen and oxygen atoms in total. The lowest BCUT2D eigenvalue weighted by atomic mass is 9.95. The molecule has 0 spiro atoms. The van der Waals surface area contributed by atoms with Crippen molar-refractivity contribution in [3.05, 3.63) is 33.2 Å². The first kappa shape index (κ1) is 13.8. The number of carboxylic acid groups (broad SMARTS) is 1. The molecule has 1 aromatic heterocycles. The maximum atomic E-state index is 12.2. The maximum absolute atomic E-state index is 12.2. The van der Waals surface area contributed by atoms with Crippen LogP contribution in [0.25, 0.3) is 0 Å². The van der Waals surface area contributed by atoms with Gasteiger partial charge in [-0.05, 0) is 25.8 Å². The van der Waals surface area contributed by atoms with Crippen LogP contribution in [0.1, 0.15) is 41.0 Å². The molecule has 2 atom stereocenters. The smallest absolute Gasteiger partial charge is 0.337 e. The molecule has 1 aliphatic heterocycles. The Balaban J connectivity index is 2.59. The molecule has 2 rings (SSSR count). The number of ether oxygens (including phenoxy) is 1. The van der Waals surface area contributed by atoms with Crippen LogP contribution in [0.15, 0.2) is 10.9 Å². The molecule has 0 bridgehead atoms. The molecular formula is C14H19NO4. The van der Waals surface area contributed by atoms with Gasteiger partial charge in [-0.1, -0.05) is 6.92 Å². The minimum absolute atomic E-state index is 0.0138. The highest BCUT2D eigenvalue weighted by Gasteiger charge is 2.27. The van der Waals surface area contributed by atoms with Crippen LogP contribution in [0.2, 0.25) is 0 Å².